The largest absolute Gasteiger partial charge is 0.374 e. The number of rotatable bonds is 2. The van der Waals surface area contributed by atoms with Crippen molar-refractivity contribution < 1.29 is 5.11 Å². The van der Waals surface area contributed by atoms with Gasteiger partial charge in [0.1, 0.15) is 0 Å². The van der Waals surface area contributed by atoms with Gasteiger partial charge in [0.25, 0.3) is 0 Å². The third-order valence-corrected chi connectivity index (χ3v) is 3.64. The molecule has 5 heteroatoms. The molecule has 1 aromatic carbocycles. The maximum atomic E-state index is 10.2. The van der Waals surface area contributed by atoms with Crippen LogP contribution in [0.3, 0.4) is 0 Å². The molecule has 0 amide bonds. The summed E-state index contributed by atoms with van der Waals surface area (Å²) in [5.41, 5.74) is 2.84. The summed E-state index contributed by atoms with van der Waals surface area (Å²) in [6, 6.07) is 12.4. The molecule has 2 heterocycles. The third-order valence-electron chi connectivity index (χ3n) is 3.34. The predicted molar refractivity (Wildman–Crippen MR) is 84.1 cm³/mol. The van der Waals surface area contributed by atoms with Crippen molar-refractivity contribution in [2.24, 2.45) is 0 Å². The van der Waals surface area contributed by atoms with E-state index < -0.39 is 6.10 Å². The highest BCUT2D eigenvalue weighted by Gasteiger charge is 2.20. The molecule has 0 saturated carbocycles. The highest BCUT2D eigenvalue weighted by Crippen LogP contribution is 2.31. The maximum absolute atomic E-state index is 10.2. The van der Waals surface area contributed by atoms with Crippen LogP contribution >= 0.6 is 11.6 Å². The standard InChI is InChI=1S/C17H10ClN3O/c1-2-14(22)16-15(12-7-5-11(10-19)6-8-12)20-17-13(18)4-3-9-21(16)17/h1,3-9,14,22H. The average molecular weight is 308 g/mol. The van der Waals surface area contributed by atoms with E-state index >= 15 is 0 Å². The number of nitrogens with zero attached hydrogens (tertiary/aromatic N) is 3. The molecule has 3 aromatic rings. The number of fused-ring (bicyclic) bond motifs is 1. The summed E-state index contributed by atoms with van der Waals surface area (Å²) in [6.45, 7) is 0. The predicted octanol–water partition coefficient (Wildman–Crippen LogP) is 3.19. The molecule has 0 aliphatic rings. The lowest BCUT2D eigenvalue weighted by Crippen LogP contribution is -2.01. The molecule has 1 unspecified atom stereocenters. The average Bonchev–Trinajstić information content (AvgIpc) is 2.95. The van der Waals surface area contributed by atoms with E-state index in [0.717, 1.165) is 5.56 Å². The molecule has 106 valence electrons. The minimum Gasteiger partial charge on any atom is -0.374 e. The Labute approximate surface area is 132 Å². The zero-order valence-electron chi connectivity index (χ0n) is 11.4. The highest BCUT2D eigenvalue weighted by molar-refractivity contribution is 6.33. The van der Waals surface area contributed by atoms with Crippen LogP contribution in [0.2, 0.25) is 5.02 Å². The summed E-state index contributed by atoms with van der Waals surface area (Å²) in [4.78, 5) is 4.50. The van der Waals surface area contributed by atoms with Gasteiger partial charge in [0.15, 0.2) is 11.8 Å². The van der Waals surface area contributed by atoms with Gasteiger partial charge in [0.2, 0.25) is 0 Å². The molecule has 3 rings (SSSR count). The molecule has 0 radical (unpaired) electrons. The lowest BCUT2D eigenvalue weighted by atomic mass is 10.1. The van der Waals surface area contributed by atoms with Crippen molar-refractivity contribution in [3.8, 4) is 29.7 Å². The molecule has 0 spiro atoms. The zero-order chi connectivity index (χ0) is 15.7. The van der Waals surface area contributed by atoms with Gasteiger partial charge in [-0.1, -0.05) is 29.7 Å². The summed E-state index contributed by atoms with van der Waals surface area (Å²) in [5.74, 6) is 2.31. The number of pyridine rings is 1. The Bertz CT molecular complexity index is 929. The molecule has 1 N–H and O–H groups in total. The fourth-order valence-electron chi connectivity index (χ4n) is 2.31. The summed E-state index contributed by atoms with van der Waals surface area (Å²) < 4.78 is 1.68. The number of hydrogen-bond acceptors (Lipinski definition) is 3. The first-order valence-corrected chi connectivity index (χ1v) is 6.84. The van der Waals surface area contributed by atoms with Gasteiger partial charge in [0, 0.05) is 11.8 Å². The number of benzene rings is 1. The van der Waals surface area contributed by atoms with Crippen molar-refractivity contribution in [2.45, 2.75) is 6.10 Å². The van der Waals surface area contributed by atoms with Crippen molar-refractivity contribution in [1.29, 1.82) is 5.26 Å². The summed E-state index contributed by atoms with van der Waals surface area (Å²) >= 11 is 6.17. The number of aliphatic hydroxyl groups excluding tert-OH is 1. The molecule has 4 nitrogen and oxygen atoms in total. The number of terminal acetylenes is 1. The van der Waals surface area contributed by atoms with Crippen molar-refractivity contribution in [3.63, 3.8) is 0 Å². The van der Waals surface area contributed by atoms with E-state index in [0.29, 0.717) is 27.6 Å². The van der Waals surface area contributed by atoms with E-state index in [1.807, 2.05) is 0 Å². The second kappa shape index (κ2) is 5.54. The second-order valence-electron chi connectivity index (χ2n) is 4.65. The molecule has 0 aliphatic heterocycles. The lowest BCUT2D eigenvalue weighted by Gasteiger charge is -2.07. The van der Waals surface area contributed by atoms with Crippen molar-refractivity contribution >= 4 is 17.2 Å². The number of hydrogen-bond donors (Lipinski definition) is 1. The SMILES string of the molecule is C#CC(O)c1c(-c2ccc(C#N)cc2)nc2c(Cl)cccn12. The van der Waals surface area contributed by atoms with Crippen LogP contribution in [-0.4, -0.2) is 14.5 Å². The molecule has 0 saturated heterocycles. The Morgan fingerprint density at radius 1 is 1.27 bits per heavy atom. The minimum absolute atomic E-state index is 0.466. The Hall–Kier alpha value is -2.79. The van der Waals surface area contributed by atoms with E-state index in [4.69, 9.17) is 23.3 Å². The Morgan fingerprint density at radius 3 is 2.64 bits per heavy atom. The number of aromatic nitrogens is 2. The quantitative estimate of drug-likeness (QED) is 0.740. The van der Waals surface area contributed by atoms with Gasteiger partial charge in [0.05, 0.1) is 28.0 Å². The van der Waals surface area contributed by atoms with Crippen LogP contribution in [0.25, 0.3) is 16.9 Å². The number of imidazole rings is 1. The summed E-state index contributed by atoms with van der Waals surface area (Å²) in [6.07, 6.45) is 6.00. The van der Waals surface area contributed by atoms with Crippen LogP contribution in [0, 0.1) is 23.7 Å². The van der Waals surface area contributed by atoms with Gasteiger partial charge >= 0.3 is 0 Å². The molecule has 0 aliphatic carbocycles. The molecular formula is C17H10ClN3O. The van der Waals surface area contributed by atoms with Crippen LogP contribution in [0.1, 0.15) is 17.4 Å². The second-order valence-corrected chi connectivity index (χ2v) is 5.06. The molecular weight excluding hydrogens is 298 g/mol. The number of aliphatic hydroxyl groups is 1. The van der Waals surface area contributed by atoms with Gasteiger partial charge in [-0.15, -0.1) is 6.42 Å². The van der Waals surface area contributed by atoms with Crippen LogP contribution in [0.4, 0.5) is 0 Å². The topological polar surface area (TPSA) is 61.3 Å². The minimum atomic E-state index is -1.11. The zero-order valence-corrected chi connectivity index (χ0v) is 12.1. The molecule has 2 aromatic heterocycles. The van der Waals surface area contributed by atoms with E-state index in [-0.39, 0.29) is 0 Å². The van der Waals surface area contributed by atoms with Gasteiger partial charge in [-0.3, -0.25) is 4.40 Å². The molecule has 0 bridgehead atoms. The van der Waals surface area contributed by atoms with Crippen molar-refractivity contribution in [1.82, 2.24) is 9.38 Å². The van der Waals surface area contributed by atoms with Crippen molar-refractivity contribution in [3.05, 3.63) is 58.9 Å². The van der Waals surface area contributed by atoms with Crippen molar-refractivity contribution in [2.75, 3.05) is 0 Å². The van der Waals surface area contributed by atoms with Gasteiger partial charge in [-0.2, -0.15) is 5.26 Å². The molecule has 22 heavy (non-hydrogen) atoms. The first kappa shape index (κ1) is 14.2. The normalized spacial score (nSPS) is 11.8. The van der Waals surface area contributed by atoms with Crippen LogP contribution in [0.15, 0.2) is 42.6 Å². The Balaban J connectivity index is 2.30. The lowest BCUT2D eigenvalue weighted by molar-refractivity contribution is 0.233. The van der Waals surface area contributed by atoms with E-state index in [1.54, 1.807) is 47.0 Å². The fraction of sp³-hybridized carbons (Fsp3) is 0.0588. The van der Waals surface area contributed by atoms with E-state index in [9.17, 15) is 5.11 Å². The number of halogens is 1. The Morgan fingerprint density at radius 2 is 2.00 bits per heavy atom. The van der Waals surface area contributed by atoms with Gasteiger partial charge < -0.3 is 5.11 Å². The first-order valence-electron chi connectivity index (χ1n) is 6.47. The monoisotopic (exact) mass is 307 g/mol. The van der Waals surface area contributed by atoms with Gasteiger partial charge in [-0.05, 0) is 24.3 Å². The highest BCUT2D eigenvalue weighted by atomic mass is 35.5. The van der Waals surface area contributed by atoms with E-state index in [2.05, 4.69) is 17.0 Å². The van der Waals surface area contributed by atoms with E-state index in [1.165, 1.54) is 0 Å². The van der Waals surface area contributed by atoms with Crippen LogP contribution in [-0.2, 0) is 0 Å². The Kier molecular flexibility index (Phi) is 3.56. The summed E-state index contributed by atoms with van der Waals surface area (Å²) in [5, 5.41) is 19.5. The molecule has 1 atom stereocenters. The summed E-state index contributed by atoms with van der Waals surface area (Å²) in [7, 11) is 0. The first-order chi connectivity index (χ1) is 10.7. The fourth-order valence-corrected chi connectivity index (χ4v) is 2.51. The van der Waals surface area contributed by atoms with Crippen LogP contribution < -0.4 is 0 Å². The third kappa shape index (κ3) is 2.21. The van der Waals surface area contributed by atoms with Gasteiger partial charge in [-0.25, -0.2) is 4.98 Å². The molecule has 0 fully saturated rings. The smallest absolute Gasteiger partial charge is 0.157 e. The van der Waals surface area contributed by atoms with Crippen LogP contribution in [0.5, 0.6) is 0 Å². The maximum Gasteiger partial charge on any atom is 0.157 e. The number of nitriles is 1.